The number of pyridine rings is 1. The summed E-state index contributed by atoms with van der Waals surface area (Å²) in [5.41, 5.74) is -2.94. The van der Waals surface area contributed by atoms with Crippen LogP contribution in [-0.4, -0.2) is 44.4 Å². The molecule has 1 saturated heterocycles. The zero-order chi connectivity index (χ0) is 29.6. The monoisotopic (exact) mass is 440 g/mol. The molecular formula is C23H21FN6O2. The summed E-state index contributed by atoms with van der Waals surface area (Å²) < 4.78 is 82.4. The van der Waals surface area contributed by atoms with Crippen molar-refractivity contribution in [1.29, 1.82) is 5.26 Å². The van der Waals surface area contributed by atoms with E-state index in [1.807, 2.05) is 6.07 Å². The van der Waals surface area contributed by atoms with Gasteiger partial charge in [0.15, 0.2) is 5.82 Å². The van der Waals surface area contributed by atoms with Crippen LogP contribution in [0.2, 0.25) is 0 Å². The van der Waals surface area contributed by atoms with E-state index in [1.165, 1.54) is 24.4 Å². The number of piperidine rings is 1. The molecular weight excluding hydrogens is 411 g/mol. The molecule has 1 amide bonds. The van der Waals surface area contributed by atoms with E-state index >= 15 is 0 Å². The van der Waals surface area contributed by atoms with Crippen molar-refractivity contribution in [2.24, 2.45) is 0 Å². The van der Waals surface area contributed by atoms with E-state index in [0.717, 1.165) is 23.7 Å². The maximum absolute atomic E-state index is 14.8. The van der Waals surface area contributed by atoms with Crippen molar-refractivity contribution in [2.45, 2.75) is 31.8 Å². The molecule has 1 aromatic carbocycles. The third-order valence-electron chi connectivity index (χ3n) is 4.96. The highest BCUT2D eigenvalue weighted by atomic mass is 19.1. The number of carbonyl (C=O) groups excluding carboxylic acids is 1. The fraction of sp³-hybridized carbons (Fsp3) is 0.304. The highest BCUT2D eigenvalue weighted by molar-refractivity contribution is 6.01. The summed E-state index contributed by atoms with van der Waals surface area (Å²) in [5.74, 6) is -1.82. The molecule has 1 atom stereocenters. The van der Waals surface area contributed by atoms with Crippen molar-refractivity contribution in [2.75, 3.05) is 17.9 Å². The summed E-state index contributed by atoms with van der Waals surface area (Å²) in [4.78, 5) is 17.3. The normalized spacial score (nSPS) is 30.1. The van der Waals surface area contributed by atoms with Gasteiger partial charge in [-0.25, -0.2) is 14.1 Å². The van der Waals surface area contributed by atoms with Gasteiger partial charge in [0.05, 0.1) is 54.7 Å². The number of carbonyl (C=O) groups is 1. The highest BCUT2D eigenvalue weighted by Crippen LogP contribution is 2.32. The van der Waals surface area contributed by atoms with Crippen LogP contribution in [-0.2, 0) is 6.54 Å². The number of rotatable bonds is 3. The van der Waals surface area contributed by atoms with Crippen LogP contribution in [0.25, 0.3) is 16.9 Å². The smallest absolute Gasteiger partial charge is 0.255 e. The molecule has 1 fully saturated rings. The van der Waals surface area contributed by atoms with Crippen molar-refractivity contribution < 1.29 is 25.3 Å². The van der Waals surface area contributed by atoms with Crippen molar-refractivity contribution in [3.05, 3.63) is 59.2 Å². The van der Waals surface area contributed by atoms with Gasteiger partial charge in [0.2, 0.25) is 0 Å². The van der Waals surface area contributed by atoms with Gasteiger partial charge in [-0.1, -0.05) is 6.07 Å². The number of halogens is 1. The largest absolute Gasteiger partial charge is 0.388 e. The minimum Gasteiger partial charge on any atom is -0.388 e. The van der Waals surface area contributed by atoms with Gasteiger partial charge >= 0.3 is 0 Å². The number of hydrogen-bond acceptors (Lipinski definition) is 6. The fourth-order valence-corrected chi connectivity index (χ4v) is 3.56. The van der Waals surface area contributed by atoms with Crippen LogP contribution in [0.5, 0.6) is 0 Å². The van der Waals surface area contributed by atoms with E-state index in [4.69, 9.17) is 11.0 Å². The molecule has 2 N–H and O–H groups in total. The molecule has 0 spiro atoms. The number of nitrogens with one attached hydrogen (secondary N) is 1. The van der Waals surface area contributed by atoms with Gasteiger partial charge in [-0.15, -0.1) is 0 Å². The second kappa shape index (κ2) is 7.43. The molecule has 3 aromatic rings. The van der Waals surface area contributed by atoms with Gasteiger partial charge in [0.1, 0.15) is 5.82 Å². The van der Waals surface area contributed by atoms with Crippen LogP contribution in [0, 0.1) is 17.1 Å². The topological polar surface area (TPSA) is 107 Å². The number of nitriles is 1. The molecule has 0 saturated carbocycles. The SMILES string of the molecule is [2H]C1([2H])N(c2ccn(-c3cc(-c4c(F)cccc4C#N)nc4c3C(=O)NC4)n2)C([2H])([2H])C(C)(O)C([2H])([2H])C1([2H])[2H]. The Balaban J connectivity index is 1.71. The summed E-state index contributed by atoms with van der Waals surface area (Å²) in [6, 6.07) is 8.16. The number of fused-ring (bicyclic) bond motifs is 1. The second-order valence-corrected chi connectivity index (χ2v) is 7.30. The van der Waals surface area contributed by atoms with E-state index in [9.17, 15) is 19.6 Å². The third-order valence-corrected chi connectivity index (χ3v) is 4.96. The lowest BCUT2D eigenvalue weighted by atomic mass is 9.95. The average molecular weight is 441 g/mol. The standard InChI is InChI=1S/C23H21FN6O2/c1-23(32)7-3-8-29(13-23)19-6-9-30(28-19)18-10-16(27-17-12-26-22(31)21(17)18)20-14(11-25)4-2-5-15(20)24/h2,4-6,9-10,32H,3,7-8,12-13H2,1H3,(H,26,31)/i3D2,7D2,8D2,13D2. The molecule has 2 aromatic heterocycles. The number of nitrogens with zero attached hydrogens (tertiary/aromatic N) is 5. The Kier molecular flexibility index (Phi) is 3.00. The first-order valence-corrected chi connectivity index (χ1v) is 9.51. The minimum atomic E-state index is -3.43. The molecule has 0 aliphatic carbocycles. The molecule has 0 radical (unpaired) electrons. The average Bonchev–Trinajstić information content (AvgIpc) is 3.49. The van der Waals surface area contributed by atoms with Gasteiger partial charge in [0, 0.05) is 33.5 Å². The van der Waals surface area contributed by atoms with E-state index in [2.05, 4.69) is 15.4 Å². The Labute approximate surface area is 195 Å². The summed E-state index contributed by atoms with van der Waals surface area (Å²) >= 11 is 0. The molecule has 162 valence electrons. The molecule has 1 unspecified atom stereocenters. The maximum Gasteiger partial charge on any atom is 0.255 e. The van der Waals surface area contributed by atoms with Crippen LogP contribution in [0.3, 0.4) is 0 Å². The molecule has 2 aliphatic rings. The first-order valence-electron chi connectivity index (χ1n) is 13.5. The quantitative estimate of drug-likeness (QED) is 0.648. The number of aliphatic hydroxyl groups is 1. The first kappa shape index (κ1) is 12.9. The summed E-state index contributed by atoms with van der Waals surface area (Å²) in [7, 11) is 0. The molecule has 32 heavy (non-hydrogen) atoms. The van der Waals surface area contributed by atoms with Crippen LogP contribution >= 0.6 is 0 Å². The molecule has 9 heteroatoms. The summed E-state index contributed by atoms with van der Waals surface area (Å²) in [6.45, 7) is -5.87. The Morgan fingerprint density at radius 2 is 2.22 bits per heavy atom. The Bertz CT molecular complexity index is 1590. The summed E-state index contributed by atoms with van der Waals surface area (Å²) in [6.07, 6.45) is -5.59. The zero-order valence-corrected chi connectivity index (χ0v) is 16.6. The summed E-state index contributed by atoms with van der Waals surface area (Å²) in [5, 5.41) is 27.2. The van der Waals surface area contributed by atoms with Crippen LogP contribution in [0.4, 0.5) is 10.2 Å². The molecule has 0 bridgehead atoms. The predicted molar refractivity (Wildman–Crippen MR) is 115 cm³/mol. The van der Waals surface area contributed by atoms with E-state index in [1.54, 1.807) is 0 Å². The molecule has 8 nitrogen and oxygen atoms in total. The predicted octanol–water partition coefficient (Wildman–Crippen LogP) is 2.54. The van der Waals surface area contributed by atoms with Crippen molar-refractivity contribution in [3.63, 3.8) is 0 Å². The lowest BCUT2D eigenvalue weighted by molar-refractivity contribution is 0.0447. The van der Waals surface area contributed by atoms with Gasteiger partial charge in [-0.2, -0.15) is 10.4 Å². The third kappa shape index (κ3) is 3.39. The lowest BCUT2D eigenvalue weighted by Gasteiger charge is -2.36. The number of β-amino-alcohol motifs (C(OH)–C–C–N with tert-alkyl or cyclic N) is 1. The molecule has 2 aliphatic heterocycles. The Hall–Kier alpha value is -3.77. The van der Waals surface area contributed by atoms with E-state index in [0.29, 0.717) is 0 Å². The van der Waals surface area contributed by atoms with E-state index < -0.39 is 48.9 Å². The van der Waals surface area contributed by atoms with Crippen molar-refractivity contribution >= 4 is 11.7 Å². The Morgan fingerprint density at radius 1 is 1.38 bits per heavy atom. The number of amides is 1. The van der Waals surface area contributed by atoms with Gasteiger partial charge in [-0.05, 0) is 37.9 Å². The molecule has 4 heterocycles. The van der Waals surface area contributed by atoms with Crippen LogP contribution in [0.1, 0.15) is 52.3 Å². The highest BCUT2D eigenvalue weighted by Gasteiger charge is 2.31. The molecule has 5 rings (SSSR count). The number of aromatic nitrogens is 3. The van der Waals surface area contributed by atoms with Crippen LogP contribution in [0.15, 0.2) is 36.5 Å². The Morgan fingerprint density at radius 3 is 3.03 bits per heavy atom. The number of anilines is 1. The second-order valence-electron chi connectivity index (χ2n) is 7.30. The van der Waals surface area contributed by atoms with E-state index in [-0.39, 0.29) is 45.2 Å². The maximum atomic E-state index is 14.8. The minimum absolute atomic E-state index is 0.00644. The first-order chi connectivity index (χ1) is 18.4. The number of hydrogen-bond donors (Lipinski definition) is 2. The number of benzene rings is 1. The van der Waals surface area contributed by atoms with Gasteiger partial charge in [0.25, 0.3) is 5.91 Å². The zero-order valence-electron chi connectivity index (χ0n) is 24.6. The van der Waals surface area contributed by atoms with Crippen molar-refractivity contribution in [3.8, 4) is 23.0 Å². The van der Waals surface area contributed by atoms with Crippen molar-refractivity contribution in [1.82, 2.24) is 20.1 Å². The van der Waals surface area contributed by atoms with Crippen LogP contribution < -0.4 is 10.2 Å². The lowest BCUT2D eigenvalue weighted by Crippen LogP contribution is -2.46. The van der Waals surface area contributed by atoms with Gasteiger partial charge < -0.3 is 15.3 Å². The fourth-order valence-electron chi connectivity index (χ4n) is 3.56. The van der Waals surface area contributed by atoms with Gasteiger partial charge in [-0.3, -0.25) is 4.79 Å².